The van der Waals surface area contributed by atoms with E-state index in [1.165, 1.54) is 0 Å². The second-order valence-corrected chi connectivity index (χ2v) is 12.4. The van der Waals surface area contributed by atoms with Gasteiger partial charge in [0, 0.05) is 45.9 Å². The van der Waals surface area contributed by atoms with Crippen molar-refractivity contribution < 1.29 is 4.42 Å². The van der Waals surface area contributed by atoms with Crippen molar-refractivity contribution in [1.29, 1.82) is 0 Å². The molecule has 1 aliphatic carbocycles. The predicted molar refractivity (Wildman–Crippen MR) is 192 cm³/mol. The van der Waals surface area contributed by atoms with E-state index in [1.54, 1.807) is 0 Å². The highest BCUT2D eigenvalue weighted by Gasteiger charge is 2.47. The van der Waals surface area contributed by atoms with Gasteiger partial charge in [-0.05, 0) is 48.2 Å². The highest BCUT2D eigenvalue weighted by Crippen LogP contribution is 2.56. The minimum atomic E-state index is -0.720. The lowest BCUT2D eigenvalue weighted by atomic mass is 9.65. The molecule has 4 heterocycles. The molecule has 1 aliphatic rings. The van der Waals surface area contributed by atoms with Gasteiger partial charge in [0.15, 0.2) is 11.6 Å². The lowest BCUT2D eigenvalue weighted by Gasteiger charge is -2.36. The number of rotatable bonds is 5. The molecule has 0 radical (unpaired) electrons. The monoisotopic (exact) mass is 633 g/mol. The highest BCUT2D eigenvalue weighted by molar-refractivity contribution is 5.92. The Morgan fingerprint density at radius 1 is 0.592 bits per heavy atom. The van der Waals surface area contributed by atoms with Crippen molar-refractivity contribution in [2.24, 2.45) is 0 Å². The predicted octanol–water partition coefficient (Wildman–Crippen LogP) is 9.63. The van der Waals surface area contributed by atoms with E-state index in [9.17, 15) is 0 Å². The highest BCUT2D eigenvalue weighted by atomic mass is 16.3. The van der Waals surface area contributed by atoms with Crippen molar-refractivity contribution in [1.82, 2.24) is 24.5 Å². The van der Waals surface area contributed by atoms with Gasteiger partial charge in [-0.1, -0.05) is 121 Å². The van der Waals surface area contributed by atoms with Crippen molar-refractivity contribution in [3.63, 3.8) is 0 Å². The second kappa shape index (κ2) is 11.4. The molecule has 4 aromatic carbocycles. The molecule has 0 N–H and O–H groups in total. The van der Waals surface area contributed by atoms with Gasteiger partial charge in [0.2, 0.25) is 5.95 Å². The average Bonchev–Trinajstić information content (AvgIpc) is 3.73. The molecule has 49 heavy (non-hydrogen) atoms. The standard InChI is InChI=1S/C43H31N5O/c1-28-29(2)48(42-46-40(30-15-7-3-8-16-30)45-41(47-42)31-17-9-4-10-18-31)38-34-23-25-44-27-36(34)43(32-19-11-5-12-20-32,33-21-13-6-14-22-33)35-24-26-49-39(35)37(28)38/h3-27H,1-2H3. The minimum absolute atomic E-state index is 0.539. The summed E-state index contributed by atoms with van der Waals surface area (Å²) >= 11 is 0. The summed E-state index contributed by atoms with van der Waals surface area (Å²) in [6, 6.07) is 45.7. The molecule has 0 bridgehead atoms. The van der Waals surface area contributed by atoms with Crippen LogP contribution in [0.4, 0.5) is 0 Å². The topological polar surface area (TPSA) is 69.6 Å². The van der Waals surface area contributed by atoms with Gasteiger partial charge in [-0.25, -0.2) is 4.98 Å². The molecule has 6 heteroatoms. The Labute approximate surface area is 284 Å². The smallest absolute Gasteiger partial charge is 0.238 e. The van der Waals surface area contributed by atoms with Crippen molar-refractivity contribution in [3.05, 3.63) is 186 Å². The molecule has 4 aromatic heterocycles. The number of hydrogen-bond donors (Lipinski definition) is 0. The molecule has 0 saturated carbocycles. The van der Waals surface area contributed by atoms with E-state index in [0.29, 0.717) is 17.6 Å². The molecule has 0 saturated heterocycles. The van der Waals surface area contributed by atoms with E-state index in [-0.39, 0.29) is 0 Å². The Kier molecular flexibility index (Phi) is 6.69. The molecule has 0 amide bonds. The first-order valence-electron chi connectivity index (χ1n) is 16.4. The van der Waals surface area contributed by atoms with Gasteiger partial charge in [-0.3, -0.25) is 9.55 Å². The summed E-state index contributed by atoms with van der Waals surface area (Å²) in [5.41, 5.74) is 10.6. The molecule has 234 valence electrons. The second-order valence-electron chi connectivity index (χ2n) is 12.4. The average molecular weight is 634 g/mol. The molecule has 0 atom stereocenters. The summed E-state index contributed by atoms with van der Waals surface area (Å²) in [6.07, 6.45) is 5.70. The van der Waals surface area contributed by atoms with E-state index in [1.807, 2.05) is 79.3 Å². The zero-order chi connectivity index (χ0) is 33.0. The Balaban J connectivity index is 1.41. The largest absolute Gasteiger partial charge is 0.464 e. The van der Waals surface area contributed by atoms with Crippen LogP contribution in [0.2, 0.25) is 0 Å². The molecule has 0 spiro atoms. The molecule has 6 nitrogen and oxygen atoms in total. The Hall–Kier alpha value is -6.40. The van der Waals surface area contributed by atoms with Crippen LogP contribution in [0.25, 0.3) is 51.3 Å². The van der Waals surface area contributed by atoms with Gasteiger partial charge in [0.1, 0.15) is 5.76 Å². The number of nitrogens with zero attached hydrogens (tertiary/aromatic N) is 5. The van der Waals surface area contributed by atoms with Crippen LogP contribution in [0.5, 0.6) is 0 Å². The molecule has 9 rings (SSSR count). The fourth-order valence-corrected chi connectivity index (χ4v) is 7.49. The van der Waals surface area contributed by atoms with E-state index in [4.69, 9.17) is 24.4 Å². The number of hydrogen-bond acceptors (Lipinski definition) is 5. The number of pyridine rings is 1. The lowest BCUT2D eigenvalue weighted by Crippen LogP contribution is -2.31. The fraction of sp³-hybridized carbons (Fsp3) is 0.0698. The molecule has 0 aliphatic heterocycles. The Bertz CT molecular complexity index is 2350. The van der Waals surface area contributed by atoms with Gasteiger partial charge < -0.3 is 4.42 Å². The number of benzene rings is 4. The van der Waals surface area contributed by atoms with Gasteiger partial charge in [0.25, 0.3) is 0 Å². The van der Waals surface area contributed by atoms with Crippen LogP contribution in [0, 0.1) is 13.8 Å². The van der Waals surface area contributed by atoms with E-state index in [0.717, 1.165) is 67.2 Å². The quantitative estimate of drug-likeness (QED) is 0.189. The van der Waals surface area contributed by atoms with E-state index in [2.05, 4.69) is 91.2 Å². The third-order valence-electron chi connectivity index (χ3n) is 9.79. The Morgan fingerprint density at radius 2 is 1.14 bits per heavy atom. The maximum Gasteiger partial charge on any atom is 0.238 e. The van der Waals surface area contributed by atoms with Crippen LogP contribution >= 0.6 is 0 Å². The normalized spacial score (nSPS) is 12.9. The summed E-state index contributed by atoms with van der Waals surface area (Å²) in [5.74, 6) is 2.57. The maximum absolute atomic E-state index is 6.58. The van der Waals surface area contributed by atoms with Crippen LogP contribution in [-0.2, 0) is 5.41 Å². The number of fused-ring (bicyclic) bond motifs is 5. The summed E-state index contributed by atoms with van der Waals surface area (Å²) in [4.78, 5) is 20.1. The van der Waals surface area contributed by atoms with Crippen molar-refractivity contribution >= 4 is 0 Å². The van der Waals surface area contributed by atoms with Crippen LogP contribution in [0.1, 0.15) is 33.5 Å². The number of furan rings is 1. The lowest BCUT2D eigenvalue weighted by molar-refractivity contribution is 0.575. The fourth-order valence-electron chi connectivity index (χ4n) is 7.49. The minimum Gasteiger partial charge on any atom is -0.464 e. The number of aromatic nitrogens is 5. The van der Waals surface area contributed by atoms with Crippen LogP contribution < -0.4 is 0 Å². The van der Waals surface area contributed by atoms with Gasteiger partial charge in [-0.15, -0.1) is 0 Å². The zero-order valence-electron chi connectivity index (χ0n) is 27.1. The van der Waals surface area contributed by atoms with Crippen molar-refractivity contribution in [2.75, 3.05) is 0 Å². The van der Waals surface area contributed by atoms with Gasteiger partial charge >= 0.3 is 0 Å². The third kappa shape index (κ3) is 4.34. The van der Waals surface area contributed by atoms with E-state index >= 15 is 0 Å². The molecule has 8 aromatic rings. The summed E-state index contributed by atoms with van der Waals surface area (Å²) < 4.78 is 8.76. The first-order chi connectivity index (χ1) is 24.2. The van der Waals surface area contributed by atoms with E-state index < -0.39 is 5.41 Å². The SMILES string of the molecule is Cc1c2c(n(-c3nc(-c4ccccc4)nc(-c4ccccc4)n3)c1C)-c1ccncc1C(c1ccccc1)(c1ccccc1)c1ccoc1-2. The zero-order valence-corrected chi connectivity index (χ0v) is 27.1. The maximum atomic E-state index is 6.58. The van der Waals surface area contributed by atoms with Gasteiger partial charge in [0.05, 0.1) is 17.4 Å². The van der Waals surface area contributed by atoms with Crippen LogP contribution in [0.3, 0.4) is 0 Å². The first-order valence-corrected chi connectivity index (χ1v) is 16.4. The van der Waals surface area contributed by atoms with Gasteiger partial charge in [-0.2, -0.15) is 9.97 Å². The van der Waals surface area contributed by atoms with Crippen molar-refractivity contribution in [3.8, 4) is 51.3 Å². The van der Waals surface area contributed by atoms with Crippen LogP contribution in [0.15, 0.2) is 157 Å². The summed E-state index contributed by atoms with van der Waals surface area (Å²) in [5, 5.41) is 0. The molecule has 0 fully saturated rings. The van der Waals surface area contributed by atoms with Crippen molar-refractivity contribution in [2.45, 2.75) is 19.3 Å². The Morgan fingerprint density at radius 3 is 1.71 bits per heavy atom. The third-order valence-corrected chi connectivity index (χ3v) is 9.79. The first kappa shape index (κ1) is 28.8. The summed E-state index contributed by atoms with van der Waals surface area (Å²) in [7, 11) is 0. The molecule has 0 unspecified atom stereocenters. The van der Waals surface area contributed by atoms with Crippen LogP contribution in [-0.4, -0.2) is 24.5 Å². The molecular formula is C43H31N5O. The summed E-state index contributed by atoms with van der Waals surface area (Å²) in [6.45, 7) is 4.29. The molecular weight excluding hydrogens is 603 g/mol.